The summed E-state index contributed by atoms with van der Waals surface area (Å²) in [6, 6.07) is -0.799. The van der Waals surface area contributed by atoms with E-state index in [2.05, 4.69) is 27.8 Å². The predicted molar refractivity (Wildman–Crippen MR) is 72.5 cm³/mol. The van der Waals surface area contributed by atoms with E-state index in [0.717, 1.165) is 0 Å². The zero-order chi connectivity index (χ0) is 14.3. The summed E-state index contributed by atoms with van der Waals surface area (Å²) in [5.74, 6) is -0.510. The van der Waals surface area contributed by atoms with E-state index in [9.17, 15) is 9.59 Å². The number of alkyl carbamates (subject to hydrolysis) is 1. The molecule has 1 amide bonds. The lowest BCUT2D eigenvalue weighted by Crippen LogP contribution is -2.44. The molecule has 1 atom stereocenters. The van der Waals surface area contributed by atoms with Crippen LogP contribution >= 0.6 is 15.9 Å². The Balaban J connectivity index is 4.54. The Kier molecular flexibility index (Phi) is 6.98. The van der Waals surface area contributed by atoms with E-state index in [0.29, 0.717) is 4.48 Å². The van der Waals surface area contributed by atoms with Crippen LogP contribution in [0.25, 0.3) is 0 Å². The molecule has 0 aromatic rings. The van der Waals surface area contributed by atoms with Crippen molar-refractivity contribution < 1.29 is 19.1 Å². The first-order valence-corrected chi connectivity index (χ1v) is 6.44. The topological polar surface area (TPSA) is 64.6 Å². The molecule has 18 heavy (non-hydrogen) atoms. The van der Waals surface area contributed by atoms with Crippen molar-refractivity contribution in [1.82, 2.24) is 5.32 Å². The van der Waals surface area contributed by atoms with Crippen molar-refractivity contribution in [2.75, 3.05) is 6.61 Å². The van der Waals surface area contributed by atoms with Crippen LogP contribution in [0, 0.1) is 0 Å². The highest BCUT2D eigenvalue weighted by Gasteiger charge is 2.25. The molecule has 0 aliphatic rings. The molecule has 0 aromatic carbocycles. The van der Waals surface area contributed by atoms with Gasteiger partial charge in [0.05, 0.1) is 6.61 Å². The molecule has 5 nitrogen and oxygen atoms in total. The third kappa shape index (κ3) is 8.11. The van der Waals surface area contributed by atoms with E-state index in [1.807, 2.05) is 0 Å². The molecule has 0 aliphatic heterocycles. The number of carbonyl (C=O) groups excluding carboxylic acids is 2. The molecule has 0 radical (unpaired) electrons. The number of amides is 1. The lowest BCUT2D eigenvalue weighted by atomic mass is 10.2. The van der Waals surface area contributed by atoms with Crippen LogP contribution < -0.4 is 5.32 Å². The molecule has 0 bridgehead atoms. The number of halogens is 1. The Morgan fingerprint density at radius 2 is 1.94 bits per heavy atom. The van der Waals surface area contributed by atoms with Crippen LogP contribution in [-0.4, -0.2) is 30.3 Å². The molecular weight excluding hydrogens is 302 g/mol. The van der Waals surface area contributed by atoms with Gasteiger partial charge < -0.3 is 14.8 Å². The average molecular weight is 322 g/mol. The van der Waals surface area contributed by atoms with E-state index >= 15 is 0 Å². The molecule has 0 aliphatic carbocycles. The molecule has 0 fully saturated rings. The second-order valence-corrected chi connectivity index (χ2v) is 5.79. The molecule has 0 rings (SSSR count). The quantitative estimate of drug-likeness (QED) is 0.791. The van der Waals surface area contributed by atoms with Gasteiger partial charge in [0.15, 0.2) is 0 Å². The smallest absolute Gasteiger partial charge is 0.408 e. The van der Waals surface area contributed by atoms with Crippen LogP contribution in [0.4, 0.5) is 4.79 Å². The van der Waals surface area contributed by atoms with Crippen LogP contribution in [0.3, 0.4) is 0 Å². The van der Waals surface area contributed by atoms with Gasteiger partial charge >= 0.3 is 12.1 Å². The zero-order valence-corrected chi connectivity index (χ0v) is 12.8. The number of nitrogens with one attached hydrogen (secondary N) is 1. The SMILES string of the molecule is C=C(Br)CC(NC(=O)OC(C)(C)C)C(=O)OCC. The van der Waals surface area contributed by atoms with Crippen LogP contribution in [-0.2, 0) is 14.3 Å². The summed E-state index contributed by atoms with van der Waals surface area (Å²) in [5.41, 5.74) is -0.616. The summed E-state index contributed by atoms with van der Waals surface area (Å²) in [6.07, 6.45) is -0.410. The lowest BCUT2D eigenvalue weighted by Gasteiger charge is -2.22. The van der Waals surface area contributed by atoms with Crippen LogP contribution in [0.5, 0.6) is 0 Å². The van der Waals surface area contributed by atoms with Crippen molar-refractivity contribution in [1.29, 1.82) is 0 Å². The highest BCUT2D eigenvalue weighted by Crippen LogP contribution is 2.13. The van der Waals surface area contributed by atoms with Gasteiger partial charge in [0.1, 0.15) is 11.6 Å². The highest BCUT2D eigenvalue weighted by molar-refractivity contribution is 9.11. The van der Waals surface area contributed by atoms with Gasteiger partial charge in [-0.2, -0.15) is 0 Å². The van der Waals surface area contributed by atoms with Crippen molar-refractivity contribution in [3.63, 3.8) is 0 Å². The third-order valence-electron chi connectivity index (χ3n) is 1.69. The number of carbonyl (C=O) groups is 2. The Hall–Kier alpha value is -1.04. The van der Waals surface area contributed by atoms with Crippen LogP contribution in [0.15, 0.2) is 11.1 Å². The minimum Gasteiger partial charge on any atom is -0.464 e. The van der Waals surface area contributed by atoms with Crippen molar-refractivity contribution in [2.24, 2.45) is 0 Å². The van der Waals surface area contributed by atoms with Gasteiger partial charge in [-0.3, -0.25) is 0 Å². The summed E-state index contributed by atoms with van der Waals surface area (Å²) in [4.78, 5) is 23.2. The van der Waals surface area contributed by atoms with Gasteiger partial charge in [0, 0.05) is 6.42 Å². The highest BCUT2D eigenvalue weighted by atomic mass is 79.9. The standard InChI is InChI=1S/C12H20BrNO4/c1-6-17-10(15)9(7-8(2)13)14-11(16)18-12(3,4)5/h9H,2,6-7H2,1,3-5H3,(H,14,16). The van der Waals surface area contributed by atoms with E-state index in [1.165, 1.54) is 0 Å². The summed E-state index contributed by atoms with van der Waals surface area (Å²) in [5, 5.41) is 2.46. The summed E-state index contributed by atoms with van der Waals surface area (Å²) < 4.78 is 10.5. The third-order valence-corrected chi connectivity index (χ3v) is 2.01. The maximum Gasteiger partial charge on any atom is 0.408 e. The van der Waals surface area contributed by atoms with E-state index in [4.69, 9.17) is 9.47 Å². The van der Waals surface area contributed by atoms with E-state index in [-0.39, 0.29) is 13.0 Å². The molecule has 0 aromatic heterocycles. The largest absolute Gasteiger partial charge is 0.464 e. The maximum absolute atomic E-state index is 11.6. The number of ether oxygens (including phenoxy) is 2. The molecule has 0 saturated heterocycles. The maximum atomic E-state index is 11.6. The van der Waals surface area contributed by atoms with Crippen molar-refractivity contribution in [3.8, 4) is 0 Å². The predicted octanol–water partition coefficient (Wildman–Crippen LogP) is 2.74. The van der Waals surface area contributed by atoms with Crippen molar-refractivity contribution in [2.45, 2.75) is 45.8 Å². The minimum absolute atomic E-state index is 0.248. The van der Waals surface area contributed by atoms with Gasteiger partial charge in [-0.25, -0.2) is 9.59 Å². The zero-order valence-electron chi connectivity index (χ0n) is 11.2. The number of hydrogen-bond acceptors (Lipinski definition) is 4. The summed E-state index contributed by atoms with van der Waals surface area (Å²) in [7, 11) is 0. The Labute approximate surface area is 116 Å². The Bertz CT molecular complexity index is 323. The monoisotopic (exact) mass is 321 g/mol. The first kappa shape index (κ1) is 17.0. The van der Waals surface area contributed by atoms with Gasteiger partial charge in [-0.15, -0.1) is 0 Å². The fourth-order valence-electron chi connectivity index (χ4n) is 1.11. The van der Waals surface area contributed by atoms with Gasteiger partial charge in [0.25, 0.3) is 0 Å². The van der Waals surface area contributed by atoms with E-state index < -0.39 is 23.7 Å². The first-order valence-electron chi connectivity index (χ1n) is 5.65. The van der Waals surface area contributed by atoms with Gasteiger partial charge in [-0.05, 0) is 32.2 Å². The molecule has 1 N–H and O–H groups in total. The van der Waals surface area contributed by atoms with Crippen molar-refractivity contribution >= 4 is 28.0 Å². The minimum atomic E-state index is -0.799. The molecule has 0 heterocycles. The second kappa shape index (κ2) is 7.41. The van der Waals surface area contributed by atoms with E-state index in [1.54, 1.807) is 27.7 Å². The Morgan fingerprint density at radius 3 is 2.33 bits per heavy atom. The lowest BCUT2D eigenvalue weighted by molar-refractivity contribution is -0.145. The van der Waals surface area contributed by atoms with Crippen LogP contribution in [0.2, 0.25) is 0 Å². The molecule has 1 unspecified atom stereocenters. The average Bonchev–Trinajstić information content (AvgIpc) is 2.13. The second-order valence-electron chi connectivity index (χ2n) is 4.67. The fraction of sp³-hybridized carbons (Fsp3) is 0.667. The normalized spacial score (nSPS) is 12.5. The van der Waals surface area contributed by atoms with Gasteiger partial charge in [0.2, 0.25) is 0 Å². The Morgan fingerprint density at radius 1 is 1.39 bits per heavy atom. The first-order chi connectivity index (χ1) is 8.15. The number of esters is 1. The van der Waals surface area contributed by atoms with Crippen LogP contribution in [0.1, 0.15) is 34.1 Å². The summed E-state index contributed by atoms with van der Waals surface area (Å²) >= 11 is 3.15. The van der Waals surface area contributed by atoms with Crippen molar-refractivity contribution in [3.05, 3.63) is 11.1 Å². The summed E-state index contributed by atoms with van der Waals surface area (Å²) in [6.45, 7) is 10.8. The van der Waals surface area contributed by atoms with Gasteiger partial charge in [-0.1, -0.05) is 22.5 Å². The molecular formula is C12H20BrNO4. The fourth-order valence-corrected chi connectivity index (χ4v) is 1.43. The number of rotatable bonds is 5. The number of hydrogen-bond donors (Lipinski definition) is 1. The molecule has 104 valence electrons. The molecule has 6 heteroatoms. The molecule has 0 saturated carbocycles. The molecule has 0 spiro atoms.